The Balaban J connectivity index is 1.66. The van der Waals surface area contributed by atoms with Crippen molar-refractivity contribution in [3.63, 3.8) is 0 Å². The van der Waals surface area contributed by atoms with E-state index in [1.54, 1.807) is 16.7 Å². The smallest absolute Gasteiger partial charge is 0.273 e. The van der Waals surface area contributed by atoms with Crippen LogP contribution in [0.15, 0.2) is 40.5 Å². The van der Waals surface area contributed by atoms with Gasteiger partial charge >= 0.3 is 0 Å². The zero-order chi connectivity index (χ0) is 22.0. The maximum atomic E-state index is 13.3. The van der Waals surface area contributed by atoms with E-state index in [4.69, 9.17) is 4.98 Å². The number of hydrogen-bond donors (Lipinski definition) is 1. The summed E-state index contributed by atoms with van der Waals surface area (Å²) in [5.74, 6) is 0.576. The molecule has 0 unspecified atom stereocenters. The van der Waals surface area contributed by atoms with Gasteiger partial charge in [-0.15, -0.1) is 11.3 Å². The van der Waals surface area contributed by atoms with Gasteiger partial charge in [0.05, 0.1) is 18.0 Å². The van der Waals surface area contributed by atoms with E-state index in [-0.39, 0.29) is 23.2 Å². The summed E-state index contributed by atoms with van der Waals surface area (Å²) in [5.41, 5.74) is 1.39. The van der Waals surface area contributed by atoms with E-state index in [0.717, 1.165) is 24.9 Å². The Hall–Kier alpha value is -2.74. The predicted octanol–water partition coefficient (Wildman–Crippen LogP) is 3.63. The number of piperidine rings is 1. The van der Waals surface area contributed by atoms with Crippen LogP contribution >= 0.6 is 11.3 Å². The summed E-state index contributed by atoms with van der Waals surface area (Å²) in [6, 6.07) is 8.01. The van der Waals surface area contributed by atoms with Gasteiger partial charge in [0.2, 0.25) is 11.9 Å². The van der Waals surface area contributed by atoms with Crippen LogP contribution in [-0.2, 0) is 11.3 Å². The first kappa shape index (κ1) is 21.5. The van der Waals surface area contributed by atoms with Crippen LogP contribution < -0.4 is 15.8 Å². The number of amides is 1. The predicted molar refractivity (Wildman–Crippen MR) is 122 cm³/mol. The van der Waals surface area contributed by atoms with Crippen molar-refractivity contribution >= 4 is 33.4 Å². The molecule has 2 aromatic heterocycles. The Morgan fingerprint density at radius 3 is 2.81 bits per heavy atom. The number of nitrogens with one attached hydrogen (secondary N) is 1. The lowest BCUT2D eigenvalue weighted by molar-refractivity contribution is -0.125. The number of aromatic nitrogens is 2. The van der Waals surface area contributed by atoms with Crippen LogP contribution in [0, 0.1) is 17.7 Å². The van der Waals surface area contributed by atoms with E-state index in [1.165, 1.54) is 23.5 Å². The molecule has 6 nitrogen and oxygen atoms in total. The van der Waals surface area contributed by atoms with Gasteiger partial charge in [-0.05, 0) is 47.9 Å². The van der Waals surface area contributed by atoms with Crippen LogP contribution in [0.4, 0.5) is 10.3 Å². The fraction of sp³-hybridized carbons (Fsp3) is 0.435. The average molecular weight is 443 g/mol. The van der Waals surface area contributed by atoms with Gasteiger partial charge in [-0.1, -0.05) is 26.0 Å². The normalized spacial score (nSPS) is 16.8. The molecule has 3 aromatic rings. The number of thiophene rings is 1. The molecule has 4 rings (SSSR count). The summed E-state index contributed by atoms with van der Waals surface area (Å²) in [6.07, 6.45) is 1.68. The second kappa shape index (κ2) is 9.18. The van der Waals surface area contributed by atoms with Crippen LogP contribution in [-0.4, -0.2) is 35.1 Å². The number of carbonyl (C=O) groups is 1. The highest BCUT2D eigenvalue weighted by atomic mass is 32.1. The van der Waals surface area contributed by atoms with Gasteiger partial charge in [-0.3, -0.25) is 14.2 Å². The zero-order valence-corrected chi connectivity index (χ0v) is 18.6. The van der Waals surface area contributed by atoms with Crippen molar-refractivity contribution in [2.24, 2.45) is 11.8 Å². The molecule has 164 valence electrons. The molecule has 0 aliphatic carbocycles. The van der Waals surface area contributed by atoms with Crippen molar-refractivity contribution in [3.05, 3.63) is 57.4 Å². The van der Waals surface area contributed by atoms with Gasteiger partial charge in [0.1, 0.15) is 10.5 Å². The molecule has 1 fully saturated rings. The lowest BCUT2D eigenvalue weighted by atomic mass is 9.97. The summed E-state index contributed by atoms with van der Waals surface area (Å²) in [4.78, 5) is 32.8. The number of halogens is 1. The number of anilines is 1. The molecule has 1 atom stereocenters. The van der Waals surface area contributed by atoms with Crippen molar-refractivity contribution in [2.45, 2.75) is 33.2 Å². The van der Waals surface area contributed by atoms with Gasteiger partial charge in [0.15, 0.2) is 0 Å². The molecule has 0 bridgehead atoms. The number of carbonyl (C=O) groups excluding carboxylic acids is 1. The highest BCUT2D eigenvalue weighted by Crippen LogP contribution is 2.25. The van der Waals surface area contributed by atoms with E-state index in [2.05, 4.69) is 19.2 Å². The Labute approximate surface area is 184 Å². The number of rotatable bonds is 6. The number of fused-ring (bicyclic) bond motifs is 1. The minimum Gasteiger partial charge on any atom is -0.356 e. The summed E-state index contributed by atoms with van der Waals surface area (Å²) >= 11 is 1.37. The topological polar surface area (TPSA) is 67.2 Å². The van der Waals surface area contributed by atoms with Gasteiger partial charge in [-0.2, -0.15) is 0 Å². The van der Waals surface area contributed by atoms with Crippen LogP contribution in [0.1, 0.15) is 32.3 Å². The van der Waals surface area contributed by atoms with Gasteiger partial charge < -0.3 is 10.2 Å². The standard InChI is InChI=1S/C23H27FN4O2S/c1-15(2)12-25-21(29)17-4-3-10-27(14-17)23-26-19-9-11-31-20(19)22(30)28(23)13-16-5-7-18(24)8-6-16/h5-9,11,15,17H,3-4,10,12-14H2,1-2H3,(H,25,29)/t17-/m1/s1. The Kier molecular flexibility index (Phi) is 6.36. The lowest BCUT2D eigenvalue weighted by Gasteiger charge is -2.34. The highest BCUT2D eigenvalue weighted by Gasteiger charge is 2.28. The Bertz CT molecular complexity index is 1120. The lowest BCUT2D eigenvalue weighted by Crippen LogP contribution is -2.45. The van der Waals surface area contributed by atoms with Crippen LogP contribution in [0.5, 0.6) is 0 Å². The third-order valence-electron chi connectivity index (χ3n) is 5.56. The number of nitrogens with zero attached hydrogens (tertiary/aromatic N) is 3. The van der Waals surface area contributed by atoms with E-state index in [0.29, 0.717) is 41.7 Å². The fourth-order valence-electron chi connectivity index (χ4n) is 3.91. The van der Waals surface area contributed by atoms with Crippen molar-refractivity contribution in [2.75, 3.05) is 24.5 Å². The molecule has 1 aromatic carbocycles. The molecule has 8 heteroatoms. The molecule has 0 radical (unpaired) electrons. The molecule has 1 N–H and O–H groups in total. The quantitative estimate of drug-likeness (QED) is 0.633. The van der Waals surface area contributed by atoms with E-state index in [9.17, 15) is 14.0 Å². The molecule has 1 aliphatic rings. The van der Waals surface area contributed by atoms with Crippen LogP contribution in [0.3, 0.4) is 0 Å². The summed E-state index contributed by atoms with van der Waals surface area (Å²) in [6.45, 7) is 6.36. The molecule has 1 aliphatic heterocycles. The van der Waals surface area contributed by atoms with Crippen molar-refractivity contribution in [3.8, 4) is 0 Å². The minimum atomic E-state index is -0.311. The van der Waals surface area contributed by atoms with E-state index in [1.807, 2.05) is 16.3 Å². The molecule has 0 saturated carbocycles. The number of hydrogen-bond acceptors (Lipinski definition) is 5. The molecule has 0 spiro atoms. The molecule has 31 heavy (non-hydrogen) atoms. The van der Waals surface area contributed by atoms with Gasteiger partial charge in [0.25, 0.3) is 5.56 Å². The van der Waals surface area contributed by atoms with Gasteiger partial charge in [-0.25, -0.2) is 9.37 Å². The van der Waals surface area contributed by atoms with Crippen molar-refractivity contribution in [1.29, 1.82) is 0 Å². The van der Waals surface area contributed by atoms with E-state index < -0.39 is 0 Å². The maximum Gasteiger partial charge on any atom is 0.273 e. The van der Waals surface area contributed by atoms with Gasteiger partial charge in [0, 0.05) is 19.6 Å². The second-order valence-corrected chi connectivity index (χ2v) is 9.40. The molecule has 1 amide bonds. The van der Waals surface area contributed by atoms with Crippen LogP contribution in [0.25, 0.3) is 10.2 Å². The first-order valence-corrected chi connectivity index (χ1v) is 11.6. The zero-order valence-electron chi connectivity index (χ0n) is 17.8. The Morgan fingerprint density at radius 1 is 1.29 bits per heavy atom. The first-order chi connectivity index (χ1) is 14.9. The Morgan fingerprint density at radius 2 is 2.06 bits per heavy atom. The SMILES string of the molecule is CC(C)CNC(=O)[C@@H]1CCCN(c2nc3ccsc3c(=O)n2Cc2ccc(F)cc2)C1. The largest absolute Gasteiger partial charge is 0.356 e. The van der Waals surface area contributed by atoms with Crippen molar-refractivity contribution in [1.82, 2.24) is 14.9 Å². The van der Waals surface area contributed by atoms with Crippen LogP contribution in [0.2, 0.25) is 0 Å². The summed E-state index contributed by atoms with van der Waals surface area (Å²) in [5, 5.41) is 4.90. The monoisotopic (exact) mass is 442 g/mol. The molecular formula is C23H27FN4O2S. The first-order valence-electron chi connectivity index (χ1n) is 10.7. The third-order valence-corrected chi connectivity index (χ3v) is 6.45. The maximum absolute atomic E-state index is 13.3. The average Bonchev–Trinajstić information content (AvgIpc) is 3.24. The minimum absolute atomic E-state index is 0.0578. The molecule has 1 saturated heterocycles. The highest BCUT2D eigenvalue weighted by molar-refractivity contribution is 7.17. The fourth-order valence-corrected chi connectivity index (χ4v) is 4.69. The third kappa shape index (κ3) is 4.79. The molecule has 3 heterocycles. The van der Waals surface area contributed by atoms with E-state index >= 15 is 0 Å². The molecular weight excluding hydrogens is 415 g/mol. The summed E-state index contributed by atoms with van der Waals surface area (Å²) in [7, 11) is 0. The summed E-state index contributed by atoms with van der Waals surface area (Å²) < 4.78 is 15.6. The van der Waals surface area contributed by atoms with Crippen molar-refractivity contribution < 1.29 is 9.18 Å². The second-order valence-electron chi connectivity index (χ2n) is 8.49. The number of benzene rings is 1.